The number of amides is 3. The van der Waals surface area contributed by atoms with Crippen molar-refractivity contribution in [2.75, 3.05) is 26.7 Å². The minimum Gasteiger partial charge on any atom is -0.310 e. The molecule has 3 saturated heterocycles. The van der Waals surface area contributed by atoms with Gasteiger partial charge in [-0.05, 0) is 35.6 Å². The molecule has 0 aromatic heterocycles. The summed E-state index contributed by atoms with van der Waals surface area (Å²) in [4.78, 5) is 34.5. The van der Waals surface area contributed by atoms with Gasteiger partial charge in [-0.3, -0.25) is 24.8 Å². The first-order valence-electron chi connectivity index (χ1n) is 11.5. The van der Waals surface area contributed by atoms with Crippen molar-refractivity contribution in [1.29, 1.82) is 0 Å². The van der Waals surface area contributed by atoms with Crippen LogP contribution in [0.4, 0.5) is 4.79 Å². The first kappa shape index (κ1) is 22.3. The third-order valence-corrected chi connectivity index (χ3v) is 7.21. The average Bonchev–Trinajstić information content (AvgIpc) is 3.20. The normalized spacial score (nSPS) is 28.2. The number of rotatable bonds is 5. The van der Waals surface area contributed by atoms with Gasteiger partial charge in [0, 0.05) is 31.7 Å². The van der Waals surface area contributed by atoms with E-state index in [0.717, 1.165) is 31.6 Å². The van der Waals surface area contributed by atoms with Gasteiger partial charge in [0.25, 0.3) is 5.91 Å². The number of nitrogens with zero attached hydrogens (tertiary/aromatic N) is 4. The fourth-order valence-corrected chi connectivity index (χ4v) is 5.46. The van der Waals surface area contributed by atoms with E-state index in [1.165, 1.54) is 10.5 Å². The lowest BCUT2D eigenvalue weighted by Crippen LogP contribution is -2.66. The Morgan fingerprint density at radius 1 is 1.00 bits per heavy atom. The number of fused-ring (bicyclic) bond motifs is 3. The van der Waals surface area contributed by atoms with Crippen molar-refractivity contribution in [3.63, 3.8) is 0 Å². The minimum absolute atomic E-state index is 0.0606. The number of carbonyl (C=O) groups excluding carboxylic acids is 2. The molecule has 0 bridgehead atoms. The fourth-order valence-electron chi connectivity index (χ4n) is 5.33. The number of urea groups is 1. The van der Waals surface area contributed by atoms with Crippen molar-refractivity contribution in [2.45, 2.75) is 38.4 Å². The van der Waals surface area contributed by atoms with Crippen molar-refractivity contribution in [2.24, 2.45) is 5.92 Å². The molecular weight excluding hydrogens is 438 g/mol. The fraction of sp³-hybridized carbons (Fsp3) is 0.440. The molecule has 0 aliphatic carbocycles. The van der Waals surface area contributed by atoms with E-state index in [9.17, 15) is 9.59 Å². The van der Waals surface area contributed by atoms with Gasteiger partial charge in [0.2, 0.25) is 0 Å². The van der Waals surface area contributed by atoms with Crippen LogP contribution in [0.1, 0.15) is 18.1 Å². The second-order valence-electron chi connectivity index (χ2n) is 9.41. The van der Waals surface area contributed by atoms with Gasteiger partial charge < -0.3 is 4.90 Å². The van der Waals surface area contributed by atoms with Crippen LogP contribution in [-0.2, 0) is 17.8 Å². The summed E-state index contributed by atoms with van der Waals surface area (Å²) in [6.45, 7) is 5.15. The maximum Gasteiger partial charge on any atom is 0.328 e. The average molecular weight is 468 g/mol. The highest BCUT2D eigenvalue weighted by atomic mass is 35.5. The minimum atomic E-state index is -0.396. The Bertz CT molecular complexity index is 1020. The summed E-state index contributed by atoms with van der Waals surface area (Å²) in [6, 6.07) is 17.1. The lowest BCUT2D eigenvalue weighted by Gasteiger charge is -2.45. The molecule has 4 atom stereocenters. The smallest absolute Gasteiger partial charge is 0.310 e. The molecule has 2 aromatic carbocycles. The summed E-state index contributed by atoms with van der Waals surface area (Å²) < 4.78 is 0. The van der Waals surface area contributed by atoms with Gasteiger partial charge in [-0.2, -0.15) is 0 Å². The second kappa shape index (κ2) is 9.06. The summed E-state index contributed by atoms with van der Waals surface area (Å²) in [5.41, 5.74) is 2.18. The van der Waals surface area contributed by atoms with Crippen LogP contribution >= 0.6 is 11.6 Å². The number of hydrogen-bond acceptors (Lipinski definition) is 5. The van der Waals surface area contributed by atoms with Crippen LogP contribution in [0.2, 0.25) is 5.02 Å². The molecule has 0 saturated carbocycles. The number of benzene rings is 2. The van der Waals surface area contributed by atoms with Gasteiger partial charge in [0.15, 0.2) is 0 Å². The molecule has 7 nitrogen and oxygen atoms in total. The number of imide groups is 1. The summed E-state index contributed by atoms with van der Waals surface area (Å²) in [5, 5.41) is 4.23. The number of carbonyl (C=O) groups is 2. The van der Waals surface area contributed by atoms with Gasteiger partial charge in [0.1, 0.15) is 18.5 Å². The van der Waals surface area contributed by atoms with E-state index in [4.69, 9.17) is 11.6 Å². The van der Waals surface area contributed by atoms with E-state index in [2.05, 4.69) is 46.3 Å². The summed E-state index contributed by atoms with van der Waals surface area (Å²) >= 11 is 6.00. The molecule has 3 amide bonds. The molecule has 1 N–H and O–H groups in total. The lowest BCUT2D eigenvalue weighted by atomic mass is 10.0. The van der Waals surface area contributed by atoms with E-state index in [1.54, 1.807) is 24.1 Å². The maximum absolute atomic E-state index is 13.6. The summed E-state index contributed by atoms with van der Waals surface area (Å²) in [7, 11) is 1.78. The molecule has 3 fully saturated rings. The molecule has 3 aliphatic rings. The Hall–Kier alpha value is -2.45. The second-order valence-corrected chi connectivity index (χ2v) is 9.84. The SMILES string of the molecule is CC1CN(CCc2ccccc2)C2NC3C(C(=O)N(Cc4ccc(Cl)cc4)C(=O)N3C)N2C1. The predicted octanol–water partition coefficient (Wildman–Crippen LogP) is 2.81. The van der Waals surface area contributed by atoms with Crippen LogP contribution in [0.3, 0.4) is 0 Å². The lowest BCUT2D eigenvalue weighted by molar-refractivity contribution is -0.141. The molecule has 33 heavy (non-hydrogen) atoms. The maximum atomic E-state index is 13.6. The van der Waals surface area contributed by atoms with Gasteiger partial charge in [-0.15, -0.1) is 0 Å². The highest BCUT2D eigenvalue weighted by Crippen LogP contribution is 2.32. The molecule has 2 aromatic rings. The zero-order valence-electron chi connectivity index (χ0n) is 19.0. The number of halogens is 1. The van der Waals surface area contributed by atoms with Crippen LogP contribution in [-0.4, -0.2) is 76.7 Å². The summed E-state index contributed by atoms with van der Waals surface area (Å²) in [5.74, 6) is 0.295. The van der Waals surface area contributed by atoms with Crippen LogP contribution < -0.4 is 5.32 Å². The van der Waals surface area contributed by atoms with E-state index in [0.29, 0.717) is 10.9 Å². The predicted molar refractivity (Wildman–Crippen MR) is 127 cm³/mol. The largest absolute Gasteiger partial charge is 0.328 e. The van der Waals surface area contributed by atoms with Crippen LogP contribution in [0.25, 0.3) is 0 Å². The van der Waals surface area contributed by atoms with Crippen molar-refractivity contribution >= 4 is 23.5 Å². The zero-order valence-corrected chi connectivity index (χ0v) is 19.8. The first-order chi connectivity index (χ1) is 15.9. The first-order valence-corrected chi connectivity index (χ1v) is 11.9. The molecular formula is C25H30ClN5O2. The molecule has 8 heteroatoms. The molecule has 174 valence electrons. The number of hydrogen-bond donors (Lipinski definition) is 1. The van der Waals surface area contributed by atoms with Crippen molar-refractivity contribution in [3.05, 3.63) is 70.7 Å². The van der Waals surface area contributed by atoms with Crippen molar-refractivity contribution < 1.29 is 9.59 Å². The van der Waals surface area contributed by atoms with Gasteiger partial charge in [0.05, 0.1) is 6.54 Å². The molecule has 0 radical (unpaired) electrons. The van der Waals surface area contributed by atoms with E-state index in [-0.39, 0.29) is 30.9 Å². The quantitative estimate of drug-likeness (QED) is 0.732. The molecule has 4 unspecified atom stereocenters. The molecule has 3 heterocycles. The number of nitrogens with one attached hydrogen (secondary N) is 1. The van der Waals surface area contributed by atoms with Crippen molar-refractivity contribution in [3.8, 4) is 0 Å². The third-order valence-electron chi connectivity index (χ3n) is 6.96. The molecule has 5 rings (SSSR count). The highest BCUT2D eigenvalue weighted by Gasteiger charge is 2.56. The Morgan fingerprint density at radius 2 is 1.73 bits per heavy atom. The third kappa shape index (κ3) is 4.26. The van der Waals surface area contributed by atoms with E-state index in [1.807, 2.05) is 18.2 Å². The van der Waals surface area contributed by atoms with Gasteiger partial charge >= 0.3 is 6.03 Å². The number of likely N-dealkylation sites (N-methyl/N-ethyl adjacent to an activating group) is 1. The Labute approximate surface area is 199 Å². The van der Waals surface area contributed by atoms with Crippen LogP contribution in [0.5, 0.6) is 0 Å². The van der Waals surface area contributed by atoms with Crippen molar-refractivity contribution in [1.82, 2.24) is 24.9 Å². The Kier molecular flexibility index (Phi) is 6.14. The monoisotopic (exact) mass is 467 g/mol. The highest BCUT2D eigenvalue weighted by molar-refractivity contribution is 6.30. The Balaban J connectivity index is 1.36. The Morgan fingerprint density at radius 3 is 2.45 bits per heavy atom. The van der Waals surface area contributed by atoms with E-state index >= 15 is 0 Å². The molecule has 0 spiro atoms. The molecule has 3 aliphatic heterocycles. The van der Waals surface area contributed by atoms with Gasteiger partial charge in [-0.1, -0.05) is 61.0 Å². The summed E-state index contributed by atoms with van der Waals surface area (Å²) in [6.07, 6.45) is 0.552. The van der Waals surface area contributed by atoms with E-state index < -0.39 is 6.04 Å². The van der Waals surface area contributed by atoms with Gasteiger partial charge in [-0.25, -0.2) is 4.79 Å². The zero-order chi connectivity index (χ0) is 23.1. The van der Waals surface area contributed by atoms with Crippen LogP contribution in [0, 0.1) is 5.92 Å². The van der Waals surface area contributed by atoms with Crippen LogP contribution in [0.15, 0.2) is 54.6 Å². The topological polar surface area (TPSA) is 59.1 Å². The standard InChI is InChI=1S/C25H30ClN5O2/c1-17-14-29(13-12-18-6-4-3-5-7-18)24-27-22-21(30(24)15-17)23(32)31(25(33)28(22)2)16-19-8-10-20(26)11-9-19/h3-11,17,21-22,24,27H,12-16H2,1-2H3.